The van der Waals surface area contributed by atoms with Crippen LogP contribution in [-0.4, -0.2) is 6.79 Å². The van der Waals surface area contributed by atoms with E-state index in [0.717, 1.165) is 47.0 Å². The Morgan fingerprint density at radius 2 is 1.57 bits per heavy atom. The molecule has 0 fully saturated rings. The van der Waals surface area contributed by atoms with Crippen molar-refractivity contribution in [2.24, 2.45) is 0 Å². The maximum atomic E-state index is 6.05. The summed E-state index contributed by atoms with van der Waals surface area (Å²) < 4.78 is 16.6. The summed E-state index contributed by atoms with van der Waals surface area (Å²) in [6, 6.07) is 19.5. The van der Waals surface area contributed by atoms with Crippen molar-refractivity contribution in [3.05, 3.63) is 87.4 Å². The third-order valence-corrected chi connectivity index (χ3v) is 5.12. The van der Waals surface area contributed by atoms with Gasteiger partial charge in [0.25, 0.3) is 0 Å². The summed E-state index contributed by atoms with van der Waals surface area (Å²) in [5, 5.41) is 4.51. The van der Waals surface area contributed by atoms with E-state index >= 15 is 0 Å². The minimum atomic E-state index is 0.293. The van der Waals surface area contributed by atoms with Crippen molar-refractivity contribution in [3.63, 3.8) is 0 Å². The van der Waals surface area contributed by atoms with Gasteiger partial charge in [-0.15, -0.1) is 0 Å². The molecule has 1 heterocycles. The van der Waals surface area contributed by atoms with E-state index in [1.165, 1.54) is 0 Å². The van der Waals surface area contributed by atoms with Crippen molar-refractivity contribution >= 4 is 23.2 Å². The lowest BCUT2D eigenvalue weighted by molar-refractivity contribution is 0.174. The number of benzene rings is 3. The molecule has 0 saturated carbocycles. The van der Waals surface area contributed by atoms with Crippen LogP contribution in [0.2, 0.25) is 10.0 Å². The predicted octanol–water partition coefficient (Wildman–Crippen LogP) is 5.59. The Morgan fingerprint density at radius 1 is 0.786 bits per heavy atom. The van der Waals surface area contributed by atoms with Gasteiger partial charge in [0.2, 0.25) is 6.79 Å². The minimum Gasteiger partial charge on any atom is -0.489 e. The van der Waals surface area contributed by atoms with E-state index in [-0.39, 0.29) is 0 Å². The Labute approximate surface area is 173 Å². The van der Waals surface area contributed by atoms with E-state index in [1.54, 1.807) is 6.07 Å². The highest BCUT2D eigenvalue weighted by Gasteiger charge is 2.12. The summed E-state index contributed by atoms with van der Waals surface area (Å²) in [6.45, 7) is 2.20. The lowest BCUT2D eigenvalue weighted by Gasteiger charge is -2.10. The van der Waals surface area contributed by atoms with Gasteiger partial charge in [-0.25, -0.2) is 0 Å². The quantitative estimate of drug-likeness (QED) is 0.545. The second-order valence-corrected chi connectivity index (χ2v) is 7.29. The number of hydrogen-bond donors (Lipinski definition) is 1. The highest BCUT2D eigenvalue weighted by Crippen LogP contribution is 2.32. The second kappa shape index (κ2) is 8.74. The van der Waals surface area contributed by atoms with Crippen molar-refractivity contribution in [2.75, 3.05) is 6.79 Å². The molecule has 0 radical (unpaired) electrons. The van der Waals surface area contributed by atoms with Crippen LogP contribution >= 0.6 is 23.2 Å². The van der Waals surface area contributed by atoms with E-state index in [9.17, 15) is 0 Å². The molecule has 0 unspecified atom stereocenters. The molecule has 1 aliphatic heterocycles. The summed E-state index contributed by atoms with van der Waals surface area (Å²) in [6.07, 6.45) is 0. The van der Waals surface area contributed by atoms with Gasteiger partial charge >= 0.3 is 0 Å². The third kappa shape index (κ3) is 4.71. The lowest BCUT2D eigenvalue weighted by Crippen LogP contribution is -2.12. The fraction of sp³-hybridized carbons (Fsp3) is 0.182. The van der Waals surface area contributed by atoms with Gasteiger partial charge in [-0.3, -0.25) is 0 Å². The van der Waals surface area contributed by atoms with Crippen LogP contribution in [0.4, 0.5) is 0 Å². The van der Waals surface area contributed by atoms with Gasteiger partial charge in [-0.05, 0) is 53.1 Å². The molecule has 6 heteroatoms. The molecule has 3 aromatic carbocycles. The van der Waals surface area contributed by atoms with Gasteiger partial charge in [-0.1, -0.05) is 47.5 Å². The lowest BCUT2D eigenvalue weighted by atomic mass is 10.2. The first kappa shape index (κ1) is 18.9. The molecule has 0 spiro atoms. The zero-order chi connectivity index (χ0) is 19.3. The Kier molecular flexibility index (Phi) is 5.91. The van der Waals surface area contributed by atoms with E-state index in [2.05, 4.69) is 11.4 Å². The molecule has 0 aliphatic carbocycles. The fourth-order valence-electron chi connectivity index (χ4n) is 2.94. The highest BCUT2D eigenvalue weighted by molar-refractivity contribution is 6.42. The summed E-state index contributed by atoms with van der Waals surface area (Å²) >= 11 is 12.0. The molecule has 1 N–H and O–H groups in total. The normalized spacial score (nSPS) is 12.2. The van der Waals surface area contributed by atoms with Gasteiger partial charge in [0.1, 0.15) is 12.4 Å². The van der Waals surface area contributed by atoms with Crippen LogP contribution in [0.25, 0.3) is 0 Å². The molecule has 0 atom stereocenters. The standard InChI is InChI=1S/C22H19Cl2NO3/c23-19-6-4-17(9-20(19)24)13-26-18-3-1-2-15(8-18)11-25-12-16-5-7-21-22(10-16)28-14-27-21/h1-10,25H,11-14H2. The zero-order valence-corrected chi connectivity index (χ0v) is 16.6. The average Bonchev–Trinajstić information content (AvgIpc) is 3.17. The van der Waals surface area contributed by atoms with Crippen molar-refractivity contribution < 1.29 is 14.2 Å². The fourth-order valence-corrected chi connectivity index (χ4v) is 3.26. The first-order chi connectivity index (χ1) is 13.7. The van der Waals surface area contributed by atoms with Crippen molar-refractivity contribution in [1.82, 2.24) is 5.32 Å². The molecule has 3 aromatic rings. The second-order valence-electron chi connectivity index (χ2n) is 6.48. The number of fused-ring (bicyclic) bond motifs is 1. The van der Waals surface area contributed by atoms with Crippen molar-refractivity contribution in [1.29, 1.82) is 0 Å². The van der Waals surface area contributed by atoms with Crippen molar-refractivity contribution in [3.8, 4) is 17.2 Å². The van der Waals surface area contributed by atoms with Gasteiger partial charge in [0, 0.05) is 13.1 Å². The maximum absolute atomic E-state index is 6.05. The summed E-state index contributed by atoms with van der Waals surface area (Å²) in [4.78, 5) is 0. The zero-order valence-electron chi connectivity index (χ0n) is 15.1. The van der Waals surface area contributed by atoms with Gasteiger partial charge in [0.15, 0.2) is 11.5 Å². The average molecular weight is 416 g/mol. The van der Waals surface area contributed by atoms with Crippen LogP contribution in [0.5, 0.6) is 17.2 Å². The molecule has 4 nitrogen and oxygen atoms in total. The molecular weight excluding hydrogens is 397 g/mol. The molecule has 28 heavy (non-hydrogen) atoms. The largest absolute Gasteiger partial charge is 0.489 e. The Bertz CT molecular complexity index is 978. The molecule has 1 aliphatic rings. The molecule has 144 valence electrons. The van der Waals surface area contributed by atoms with Crippen LogP contribution in [-0.2, 0) is 19.7 Å². The third-order valence-electron chi connectivity index (χ3n) is 4.38. The number of nitrogens with one attached hydrogen (secondary N) is 1. The minimum absolute atomic E-state index is 0.293. The predicted molar refractivity (Wildman–Crippen MR) is 110 cm³/mol. The van der Waals surface area contributed by atoms with Crippen LogP contribution in [0.3, 0.4) is 0 Å². The summed E-state index contributed by atoms with van der Waals surface area (Å²) in [5.41, 5.74) is 3.27. The molecular formula is C22H19Cl2NO3. The van der Waals surface area contributed by atoms with E-state index < -0.39 is 0 Å². The number of rotatable bonds is 7. The molecule has 0 saturated heterocycles. The van der Waals surface area contributed by atoms with Gasteiger partial charge < -0.3 is 19.5 Å². The molecule has 4 rings (SSSR count). The monoisotopic (exact) mass is 415 g/mol. The van der Waals surface area contributed by atoms with E-state index in [1.807, 2.05) is 48.5 Å². The van der Waals surface area contributed by atoms with Crippen LogP contribution in [0, 0.1) is 0 Å². The topological polar surface area (TPSA) is 39.7 Å². The first-order valence-electron chi connectivity index (χ1n) is 8.92. The number of hydrogen-bond acceptors (Lipinski definition) is 4. The Balaban J connectivity index is 1.30. The SMILES string of the molecule is Clc1ccc(COc2cccc(CNCc3ccc4c(c3)OCO4)c2)cc1Cl. The van der Waals surface area contributed by atoms with Crippen LogP contribution in [0.15, 0.2) is 60.7 Å². The maximum Gasteiger partial charge on any atom is 0.231 e. The van der Waals surface area contributed by atoms with E-state index in [4.69, 9.17) is 37.4 Å². The van der Waals surface area contributed by atoms with Gasteiger partial charge in [0.05, 0.1) is 10.0 Å². The smallest absolute Gasteiger partial charge is 0.231 e. The van der Waals surface area contributed by atoms with Crippen LogP contribution in [0.1, 0.15) is 16.7 Å². The van der Waals surface area contributed by atoms with Crippen molar-refractivity contribution in [2.45, 2.75) is 19.7 Å². The van der Waals surface area contributed by atoms with Crippen LogP contribution < -0.4 is 19.5 Å². The Hall–Kier alpha value is -2.40. The molecule has 0 bridgehead atoms. The van der Waals surface area contributed by atoms with E-state index in [0.29, 0.717) is 23.4 Å². The summed E-state index contributed by atoms with van der Waals surface area (Å²) in [7, 11) is 0. The number of ether oxygens (including phenoxy) is 3. The Morgan fingerprint density at radius 3 is 2.43 bits per heavy atom. The molecule has 0 amide bonds. The first-order valence-corrected chi connectivity index (χ1v) is 9.68. The van der Waals surface area contributed by atoms with Gasteiger partial charge in [-0.2, -0.15) is 0 Å². The number of halogens is 2. The molecule has 0 aromatic heterocycles. The highest BCUT2D eigenvalue weighted by atomic mass is 35.5. The summed E-state index contributed by atoms with van der Waals surface area (Å²) in [5.74, 6) is 2.42.